The van der Waals surface area contributed by atoms with Gasteiger partial charge in [0.15, 0.2) is 0 Å². The number of aromatic nitrogens is 2. The summed E-state index contributed by atoms with van der Waals surface area (Å²) in [5.41, 5.74) is 3.54. The van der Waals surface area contributed by atoms with Crippen LogP contribution < -0.4 is 10.1 Å². The van der Waals surface area contributed by atoms with E-state index in [1.54, 1.807) is 6.20 Å². The molecular weight excluding hydrogens is 398 g/mol. The van der Waals surface area contributed by atoms with Crippen LogP contribution in [-0.4, -0.2) is 22.3 Å². The molecule has 4 aromatic rings. The average Bonchev–Trinajstić information content (AvgIpc) is 3.14. The van der Waals surface area contributed by atoms with E-state index in [0.717, 1.165) is 27.8 Å². The number of benzene rings is 3. The Balaban J connectivity index is 1.50. The van der Waals surface area contributed by atoms with E-state index >= 15 is 0 Å². The Morgan fingerprint density at radius 1 is 1.07 bits per heavy atom. The van der Waals surface area contributed by atoms with Gasteiger partial charge in [0, 0.05) is 22.5 Å². The van der Waals surface area contributed by atoms with E-state index in [0.29, 0.717) is 30.3 Å². The number of nitrogens with one attached hydrogen (secondary N) is 1. The number of halogens is 1. The highest BCUT2D eigenvalue weighted by Gasteiger charge is 2.10. The third-order valence-corrected chi connectivity index (χ3v) is 5.03. The van der Waals surface area contributed by atoms with Crippen molar-refractivity contribution in [2.75, 3.05) is 6.61 Å². The Labute approximate surface area is 180 Å². The molecule has 6 heteroatoms. The van der Waals surface area contributed by atoms with Gasteiger partial charge in [-0.25, -0.2) is 0 Å². The van der Waals surface area contributed by atoms with Crippen molar-refractivity contribution >= 4 is 28.4 Å². The molecule has 0 fully saturated rings. The predicted molar refractivity (Wildman–Crippen MR) is 119 cm³/mol. The molecule has 0 spiro atoms. The predicted octanol–water partition coefficient (Wildman–Crippen LogP) is 5.07. The maximum Gasteiger partial charge on any atom is 0.251 e. The normalized spacial score (nSPS) is 10.9. The fourth-order valence-corrected chi connectivity index (χ4v) is 3.56. The summed E-state index contributed by atoms with van der Waals surface area (Å²) in [5, 5.41) is 9.12. The van der Waals surface area contributed by atoms with E-state index in [1.165, 1.54) is 0 Å². The number of carbonyl (C=O) groups is 1. The first-order valence-electron chi connectivity index (χ1n) is 9.82. The van der Waals surface area contributed by atoms with Crippen molar-refractivity contribution in [3.8, 4) is 5.75 Å². The van der Waals surface area contributed by atoms with Crippen molar-refractivity contribution in [3.63, 3.8) is 0 Å². The number of rotatable bonds is 7. The van der Waals surface area contributed by atoms with Gasteiger partial charge in [0.05, 0.1) is 24.9 Å². The summed E-state index contributed by atoms with van der Waals surface area (Å²) in [6.07, 6.45) is 1.81. The largest absolute Gasteiger partial charge is 0.494 e. The Kier molecular flexibility index (Phi) is 6.00. The van der Waals surface area contributed by atoms with Gasteiger partial charge in [0.2, 0.25) is 0 Å². The highest BCUT2D eigenvalue weighted by Crippen LogP contribution is 2.19. The highest BCUT2D eigenvalue weighted by molar-refractivity contribution is 6.30. The third-order valence-electron chi connectivity index (χ3n) is 4.79. The minimum atomic E-state index is -0.130. The molecule has 1 N–H and O–H groups in total. The van der Waals surface area contributed by atoms with Crippen molar-refractivity contribution < 1.29 is 9.53 Å². The zero-order valence-corrected chi connectivity index (χ0v) is 17.4. The lowest BCUT2D eigenvalue weighted by Crippen LogP contribution is -2.22. The average molecular weight is 420 g/mol. The van der Waals surface area contributed by atoms with Gasteiger partial charge < -0.3 is 10.1 Å². The van der Waals surface area contributed by atoms with Gasteiger partial charge >= 0.3 is 0 Å². The number of hydrogen-bond acceptors (Lipinski definition) is 3. The van der Waals surface area contributed by atoms with Gasteiger partial charge in [-0.15, -0.1) is 0 Å². The van der Waals surface area contributed by atoms with Crippen molar-refractivity contribution in [2.24, 2.45) is 0 Å². The molecule has 0 bridgehead atoms. The van der Waals surface area contributed by atoms with E-state index < -0.39 is 0 Å². The lowest BCUT2D eigenvalue weighted by Gasteiger charge is -2.09. The zero-order chi connectivity index (χ0) is 20.9. The van der Waals surface area contributed by atoms with Crippen LogP contribution in [0, 0.1) is 0 Å². The summed E-state index contributed by atoms with van der Waals surface area (Å²) in [6.45, 7) is 3.57. The number of amides is 1. The van der Waals surface area contributed by atoms with Crippen LogP contribution in [0.1, 0.15) is 28.4 Å². The Morgan fingerprint density at radius 2 is 1.90 bits per heavy atom. The number of nitrogens with zero attached hydrogens (tertiary/aromatic N) is 2. The number of hydrogen-bond donors (Lipinski definition) is 1. The molecule has 0 unspecified atom stereocenters. The summed E-state index contributed by atoms with van der Waals surface area (Å²) in [4.78, 5) is 12.7. The topological polar surface area (TPSA) is 56.1 Å². The Morgan fingerprint density at radius 3 is 2.73 bits per heavy atom. The molecule has 0 saturated carbocycles. The van der Waals surface area contributed by atoms with Crippen LogP contribution in [0.3, 0.4) is 0 Å². The number of carbonyl (C=O) groups excluding carboxylic acids is 1. The molecule has 152 valence electrons. The second kappa shape index (κ2) is 9.01. The molecule has 0 aliphatic heterocycles. The van der Waals surface area contributed by atoms with Crippen LogP contribution in [-0.2, 0) is 13.1 Å². The SMILES string of the molecule is CCOc1cccc(CNC(=O)c2ccc3cnn(Cc4cccc(Cl)c4)c3c2)c1. The van der Waals surface area contributed by atoms with Gasteiger partial charge in [0.1, 0.15) is 5.75 Å². The molecule has 3 aromatic carbocycles. The summed E-state index contributed by atoms with van der Waals surface area (Å²) >= 11 is 6.09. The molecule has 0 saturated heterocycles. The first-order chi connectivity index (χ1) is 14.6. The summed E-state index contributed by atoms with van der Waals surface area (Å²) < 4.78 is 7.39. The van der Waals surface area contributed by atoms with Crippen molar-refractivity contribution in [2.45, 2.75) is 20.0 Å². The maximum atomic E-state index is 12.7. The summed E-state index contributed by atoms with van der Waals surface area (Å²) in [7, 11) is 0. The Bertz CT molecular complexity index is 1190. The smallest absolute Gasteiger partial charge is 0.251 e. The van der Waals surface area contributed by atoms with Crippen LogP contribution in [0.4, 0.5) is 0 Å². The molecular formula is C24H22ClN3O2. The van der Waals surface area contributed by atoms with E-state index in [9.17, 15) is 4.79 Å². The van der Waals surface area contributed by atoms with Crippen LogP contribution in [0.15, 0.2) is 72.9 Å². The molecule has 0 aliphatic carbocycles. The lowest BCUT2D eigenvalue weighted by molar-refractivity contribution is 0.0951. The van der Waals surface area contributed by atoms with Crippen LogP contribution in [0.2, 0.25) is 5.02 Å². The molecule has 4 rings (SSSR count). The first-order valence-corrected chi connectivity index (χ1v) is 10.2. The summed E-state index contributed by atoms with van der Waals surface area (Å²) in [6, 6.07) is 21.0. The fourth-order valence-electron chi connectivity index (χ4n) is 3.34. The van der Waals surface area contributed by atoms with E-state index in [2.05, 4.69) is 10.4 Å². The van der Waals surface area contributed by atoms with Gasteiger partial charge in [-0.3, -0.25) is 9.48 Å². The van der Waals surface area contributed by atoms with E-state index in [1.807, 2.05) is 78.3 Å². The lowest BCUT2D eigenvalue weighted by atomic mass is 10.1. The number of fused-ring (bicyclic) bond motifs is 1. The standard InChI is InChI=1S/C24H22ClN3O2/c1-2-30-22-8-4-5-17(12-22)14-26-24(29)19-9-10-20-15-27-28(23(20)13-19)16-18-6-3-7-21(25)11-18/h3-13,15H,2,14,16H2,1H3,(H,26,29). The second-order valence-corrected chi connectivity index (χ2v) is 7.41. The van der Waals surface area contributed by atoms with Crippen molar-refractivity contribution in [1.29, 1.82) is 0 Å². The van der Waals surface area contributed by atoms with Crippen LogP contribution in [0.25, 0.3) is 10.9 Å². The molecule has 1 amide bonds. The molecule has 0 radical (unpaired) electrons. The molecule has 30 heavy (non-hydrogen) atoms. The van der Waals surface area contributed by atoms with Crippen LogP contribution in [0.5, 0.6) is 5.75 Å². The van der Waals surface area contributed by atoms with Gasteiger partial charge in [-0.05, 0) is 54.4 Å². The van der Waals surface area contributed by atoms with Gasteiger partial charge in [-0.1, -0.05) is 41.9 Å². The minimum absolute atomic E-state index is 0.130. The van der Waals surface area contributed by atoms with Crippen molar-refractivity contribution in [1.82, 2.24) is 15.1 Å². The van der Waals surface area contributed by atoms with Crippen LogP contribution >= 0.6 is 11.6 Å². The second-order valence-electron chi connectivity index (χ2n) is 6.97. The molecule has 1 aromatic heterocycles. The quantitative estimate of drug-likeness (QED) is 0.455. The van der Waals surface area contributed by atoms with Gasteiger partial charge in [0.25, 0.3) is 5.91 Å². The fraction of sp³-hybridized carbons (Fsp3) is 0.167. The monoisotopic (exact) mass is 419 g/mol. The van der Waals surface area contributed by atoms with Crippen molar-refractivity contribution in [3.05, 3.63) is 94.6 Å². The third kappa shape index (κ3) is 4.63. The van der Waals surface area contributed by atoms with E-state index in [-0.39, 0.29) is 5.91 Å². The molecule has 0 atom stereocenters. The summed E-state index contributed by atoms with van der Waals surface area (Å²) in [5.74, 6) is 0.671. The zero-order valence-electron chi connectivity index (χ0n) is 16.6. The first kappa shape index (κ1) is 20.0. The van der Waals surface area contributed by atoms with Gasteiger partial charge in [-0.2, -0.15) is 5.10 Å². The minimum Gasteiger partial charge on any atom is -0.494 e. The maximum absolute atomic E-state index is 12.7. The van der Waals surface area contributed by atoms with E-state index in [4.69, 9.17) is 16.3 Å². The molecule has 0 aliphatic rings. The molecule has 5 nitrogen and oxygen atoms in total. The Hall–Kier alpha value is -3.31. The molecule has 1 heterocycles. The number of ether oxygens (including phenoxy) is 1. The highest BCUT2D eigenvalue weighted by atomic mass is 35.5.